The molecule has 1 aromatic heterocycles. The van der Waals surface area contributed by atoms with Crippen LogP contribution in [0.4, 0.5) is 0 Å². The second-order valence-electron chi connectivity index (χ2n) is 4.72. The molecule has 1 aliphatic rings. The summed E-state index contributed by atoms with van der Waals surface area (Å²) in [5.74, 6) is 0.823. The second-order valence-corrected chi connectivity index (χ2v) is 4.72. The van der Waals surface area contributed by atoms with Crippen molar-refractivity contribution in [2.24, 2.45) is 0 Å². The lowest BCUT2D eigenvalue weighted by molar-refractivity contribution is 0.113. The Morgan fingerprint density at radius 3 is 3.00 bits per heavy atom. The zero-order valence-electron chi connectivity index (χ0n) is 10.5. The standard InChI is InChI=1S/C12H20N4O/c1-15-5-6-16(2)11(8-15)7-12-13-4-3-10(9-17)14-12/h3-4,11,17H,5-9H2,1-2H3. The molecule has 1 saturated heterocycles. The molecule has 2 heterocycles. The van der Waals surface area contributed by atoms with Crippen LogP contribution in [0.3, 0.4) is 0 Å². The van der Waals surface area contributed by atoms with Crippen LogP contribution in [0.5, 0.6) is 0 Å². The first kappa shape index (κ1) is 12.4. The van der Waals surface area contributed by atoms with Crippen LogP contribution in [-0.4, -0.2) is 64.6 Å². The lowest BCUT2D eigenvalue weighted by atomic mass is 10.1. The first-order valence-electron chi connectivity index (χ1n) is 5.99. The Morgan fingerprint density at radius 2 is 2.24 bits per heavy atom. The number of aliphatic hydroxyl groups excluding tert-OH is 1. The molecule has 17 heavy (non-hydrogen) atoms. The van der Waals surface area contributed by atoms with Gasteiger partial charge in [0.05, 0.1) is 12.3 Å². The molecule has 5 nitrogen and oxygen atoms in total. The van der Waals surface area contributed by atoms with Gasteiger partial charge in [0.15, 0.2) is 0 Å². The number of aliphatic hydroxyl groups is 1. The van der Waals surface area contributed by atoms with Gasteiger partial charge in [-0.1, -0.05) is 0 Å². The Bertz CT molecular complexity index is 371. The highest BCUT2D eigenvalue weighted by Gasteiger charge is 2.23. The van der Waals surface area contributed by atoms with Crippen LogP contribution in [0.2, 0.25) is 0 Å². The summed E-state index contributed by atoms with van der Waals surface area (Å²) in [6.07, 6.45) is 2.56. The molecule has 5 heteroatoms. The maximum absolute atomic E-state index is 9.05. The van der Waals surface area contributed by atoms with Gasteiger partial charge in [0.25, 0.3) is 0 Å². The highest BCUT2D eigenvalue weighted by molar-refractivity contribution is 5.02. The average Bonchev–Trinajstić information content (AvgIpc) is 2.34. The molecule has 0 radical (unpaired) electrons. The molecule has 2 rings (SSSR count). The molecule has 1 fully saturated rings. The van der Waals surface area contributed by atoms with Crippen molar-refractivity contribution in [1.29, 1.82) is 0 Å². The van der Waals surface area contributed by atoms with E-state index in [0.717, 1.165) is 31.9 Å². The van der Waals surface area contributed by atoms with Gasteiger partial charge < -0.3 is 14.9 Å². The molecule has 0 aliphatic carbocycles. The van der Waals surface area contributed by atoms with E-state index < -0.39 is 0 Å². The number of rotatable bonds is 3. The SMILES string of the molecule is CN1CCN(C)C(Cc2nccc(CO)n2)C1. The van der Waals surface area contributed by atoms with Crippen molar-refractivity contribution in [3.63, 3.8) is 0 Å². The lowest BCUT2D eigenvalue weighted by Crippen LogP contribution is -2.50. The van der Waals surface area contributed by atoms with E-state index in [1.165, 1.54) is 0 Å². The molecule has 0 bridgehead atoms. The van der Waals surface area contributed by atoms with Crippen LogP contribution in [0.15, 0.2) is 12.3 Å². The fourth-order valence-corrected chi connectivity index (χ4v) is 2.16. The van der Waals surface area contributed by atoms with Crippen molar-refractivity contribution in [1.82, 2.24) is 19.8 Å². The fourth-order valence-electron chi connectivity index (χ4n) is 2.16. The minimum Gasteiger partial charge on any atom is -0.390 e. The zero-order valence-corrected chi connectivity index (χ0v) is 10.5. The number of hydrogen-bond donors (Lipinski definition) is 1. The van der Waals surface area contributed by atoms with Crippen molar-refractivity contribution in [2.45, 2.75) is 19.1 Å². The second kappa shape index (κ2) is 5.53. The number of nitrogens with zero attached hydrogens (tertiary/aromatic N) is 4. The molecule has 1 atom stereocenters. The summed E-state index contributed by atoms with van der Waals surface area (Å²) in [5, 5.41) is 9.05. The predicted molar refractivity (Wildman–Crippen MR) is 65.6 cm³/mol. The van der Waals surface area contributed by atoms with E-state index in [1.54, 1.807) is 12.3 Å². The summed E-state index contributed by atoms with van der Waals surface area (Å²) < 4.78 is 0. The maximum Gasteiger partial charge on any atom is 0.130 e. The predicted octanol–water partition coefficient (Wildman–Crippen LogP) is -0.243. The number of likely N-dealkylation sites (N-methyl/N-ethyl adjacent to an activating group) is 2. The third kappa shape index (κ3) is 3.21. The van der Waals surface area contributed by atoms with Gasteiger partial charge >= 0.3 is 0 Å². The Labute approximate surface area is 102 Å². The highest BCUT2D eigenvalue weighted by Crippen LogP contribution is 2.10. The van der Waals surface area contributed by atoms with Crippen LogP contribution >= 0.6 is 0 Å². The largest absolute Gasteiger partial charge is 0.390 e. The Kier molecular flexibility index (Phi) is 4.04. The molecule has 0 amide bonds. The van der Waals surface area contributed by atoms with Gasteiger partial charge in [0, 0.05) is 38.3 Å². The topological polar surface area (TPSA) is 52.5 Å². The van der Waals surface area contributed by atoms with Crippen LogP contribution in [0, 0.1) is 0 Å². The lowest BCUT2D eigenvalue weighted by Gasteiger charge is -2.37. The smallest absolute Gasteiger partial charge is 0.130 e. The summed E-state index contributed by atoms with van der Waals surface area (Å²) in [6, 6.07) is 2.21. The van der Waals surface area contributed by atoms with E-state index >= 15 is 0 Å². The van der Waals surface area contributed by atoms with Crippen molar-refractivity contribution >= 4 is 0 Å². The van der Waals surface area contributed by atoms with Gasteiger partial charge in [-0.15, -0.1) is 0 Å². The minimum atomic E-state index is -0.0179. The first-order chi connectivity index (χ1) is 8.19. The molecule has 1 N–H and O–H groups in total. The molecule has 0 spiro atoms. The highest BCUT2D eigenvalue weighted by atomic mass is 16.3. The fraction of sp³-hybridized carbons (Fsp3) is 0.667. The van der Waals surface area contributed by atoms with Crippen molar-refractivity contribution < 1.29 is 5.11 Å². The van der Waals surface area contributed by atoms with Gasteiger partial charge in [0.2, 0.25) is 0 Å². The Balaban J connectivity index is 2.03. The molecule has 1 unspecified atom stereocenters. The van der Waals surface area contributed by atoms with E-state index in [4.69, 9.17) is 5.11 Å². The molecular formula is C12H20N4O. The van der Waals surface area contributed by atoms with Crippen molar-refractivity contribution in [3.05, 3.63) is 23.8 Å². The summed E-state index contributed by atoms with van der Waals surface area (Å²) in [5.41, 5.74) is 0.696. The molecule has 94 valence electrons. The van der Waals surface area contributed by atoms with Crippen LogP contribution in [-0.2, 0) is 13.0 Å². The van der Waals surface area contributed by atoms with E-state index in [0.29, 0.717) is 11.7 Å². The van der Waals surface area contributed by atoms with Crippen molar-refractivity contribution in [3.8, 4) is 0 Å². The minimum absolute atomic E-state index is 0.0179. The zero-order chi connectivity index (χ0) is 12.3. The monoisotopic (exact) mass is 236 g/mol. The third-order valence-electron chi connectivity index (χ3n) is 3.32. The molecule has 0 aromatic carbocycles. The molecule has 1 aliphatic heterocycles. The van der Waals surface area contributed by atoms with Gasteiger partial charge in [-0.2, -0.15) is 0 Å². The van der Waals surface area contributed by atoms with Gasteiger partial charge in [-0.25, -0.2) is 9.97 Å². The van der Waals surface area contributed by atoms with E-state index in [2.05, 4.69) is 33.9 Å². The molecule has 1 aromatic rings. The Morgan fingerprint density at radius 1 is 1.41 bits per heavy atom. The van der Waals surface area contributed by atoms with Gasteiger partial charge in [-0.05, 0) is 20.2 Å². The first-order valence-corrected chi connectivity index (χ1v) is 5.99. The van der Waals surface area contributed by atoms with E-state index in [1.807, 2.05) is 0 Å². The maximum atomic E-state index is 9.05. The number of hydrogen-bond acceptors (Lipinski definition) is 5. The third-order valence-corrected chi connectivity index (χ3v) is 3.32. The normalized spacial score (nSPS) is 22.9. The van der Waals surface area contributed by atoms with Crippen LogP contribution < -0.4 is 0 Å². The van der Waals surface area contributed by atoms with E-state index in [-0.39, 0.29) is 6.61 Å². The van der Waals surface area contributed by atoms with E-state index in [9.17, 15) is 0 Å². The van der Waals surface area contributed by atoms with Crippen molar-refractivity contribution in [2.75, 3.05) is 33.7 Å². The average molecular weight is 236 g/mol. The summed E-state index contributed by atoms with van der Waals surface area (Å²) in [4.78, 5) is 13.3. The Hall–Kier alpha value is -1.04. The quantitative estimate of drug-likeness (QED) is 0.785. The molecular weight excluding hydrogens is 216 g/mol. The summed E-state index contributed by atoms with van der Waals surface area (Å²) in [7, 11) is 4.29. The van der Waals surface area contributed by atoms with Crippen LogP contribution in [0.1, 0.15) is 11.5 Å². The number of aromatic nitrogens is 2. The summed E-state index contributed by atoms with van der Waals surface area (Å²) in [6.45, 7) is 3.23. The van der Waals surface area contributed by atoms with Gasteiger partial charge in [0.1, 0.15) is 5.82 Å². The molecule has 0 saturated carbocycles. The number of piperazine rings is 1. The summed E-state index contributed by atoms with van der Waals surface area (Å²) >= 11 is 0. The van der Waals surface area contributed by atoms with Gasteiger partial charge in [-0.3, -0.25) is 0 Å². The van der Waals surface area contributed by atoms with Crippen LogP contribution in [0.25, 0.3) is 0 Å².